The van der Waals surface area contributed by atoms with Gasteiger partial charge in [0.25, 0.3) is 5.69 Å². The fraction of sp³-hybridized carbons (Fsp3) is 0.235. The number of aromatic nitrogens is 4. The number of rotatable bonds is 5. The molecule has 4 rings (SSSR count). The molecule has 0 spiro atoms. The maximum atomic E-state index is 12.9. The first kappa shape index (κ1) is 19.0. The van der Waals surface area contributed by atoms with Crippen molar-refractivity contribution in [3.05, 3.63) is 65.5 Å². The van der Waals surface area contributed by atoms with E-state index >= 15 is 0 Å². The summed E-state index contributed by atoms with van der Waals surface area (Å²) in [7, 11) is -3.81. The molecule has 150 valence electrons. The lowest BCUT2D eigenvalue weighted by atomic mass is 10.3. The average Bonchev–Trinajstić information content (AvgIpc) is 3.29. The summed E-state index contributed by atoms with van der Waals surface area (Å²) in [4.78, 5) is 24.7. The van der Waals surface area contributed by atoms with Crippen LogP contribution in [0.4, 0.5) is 11.5 Å². The Bertz CT molecular complexity index is 1130. The molecule has 3 heterocycles. The molecule has 0 atom stereocenters. The molecule has 0 saturated carbocycles. The van der Waals surface area contributed by atoms with Gasteiger partial charge in [-0.1, -0.05) is 6.07 Å². The minimum Gasteiger partial charge on any atom is -0.354 e. The molecule has 0 amide bonds. The second-order valence-corrected chi connectivity index (χ2v) is 8.29. The lowest BCUT2D eigenvalue weighted by Gasteiger charge is -2.34. The standard InChI is InChI=1S/C17H17N7O4S/c25-24(26)14-2-1-3-15(10-14)29(27,28)23-8-6-21(7-9-23)16-11-17(20-12-19-16)22-5-4-18-13-22/h1-5,10-13H,6-9H2. The molecule has 0 N–H and O–H groups in total. The Morgan fingerprint density at radius 3 is 2.48 bits per heavy atom. The van der Waals surface area contributed by atoms with Gasteiger partial charge in [0.2, 0.25) is 10.0 Å². The number of anilines is 1. The summed E-state index contributed by atoms with van der Waals surface area (Å²) in [6, 6.07) is 6.91. The summed E-state index contributed by atoms with van der Waals surface area (Å²) in [5.41, 5.74) is -0.252. The highest BCUT2D eigenvalue weighted by Gasteiger charge is 2.30. The van der Waals surface area contributed by atoms with Gasteiger partial charge in [-0.3, -0.25) is 14.7 Å². The third-order valence-corrected chi connectivity index (χ3v) is 6.53. The minimum atomic E-state index is -3.81. The van der Waals surface area contributed by atoms with E-state index in [1.54, 1.807) is 23.3 Å². The quantitative estimate of drug-likeness (QED) is 0.447. The van der Waals surface area contributed by atoms with Crippen LogP contribution in [0.5, 0.6) is 0 Å². The first-order valence-corrected chi connectivity index (χ1v) is 10.2. The van der Waals surface area contributed by atoms with Gasteiger partial charge in [0.05, 0.1) is 9.82 Å². The maximum Gasteiger partial charge on any atom is 0.270 e. The van der Waals surface area contributed by atoms with Crippen LogP contribution in [0.3, 0.4) is 0 Å². The number of benzene rings is 1. The molecule has 29 heavy (non-hydrogen) atoms. The number of nitrogens with zero attached hydrogens (tertiary/aromatic N) is 7. The van der Waals surface area contributed by atoms with E-state index in [2.05, 4.69) is 15.0 Å². The molecule has 3 aromatic rings. The van der Waals surface area contributed by atoms with Crippen molar-refractivity contribution in [3.63, 3.8) is 0 Å². The molecule has 11 nitrogen and oxygen atoms in total. The highest BCUT2D eigenvalue weighted by atomic mass is 32.2. The van der Waals surface area contributed by atoms with Crippen LogP contribution in [0.2, 0.25) is 0 Å². The zero-order valence-corrected chi connectivity index (χ0v) is 16.0. The van der Waals surface area contributed by atoms with Crippen molar-refractivity contribution in [1.82, 2.24) is 23.8 Å². The van der Waals surface area contributed by atoms with Gasteiger partial charge in [0.15, 0.2) is 0 Å². The smallest absolute Gasteiger partial charge is 0.270 e. The van der Waals surface area contributed by atoms with E-state index in [0.717, 1.165) is 6.07 Å². The van der Waals surface area contributed by atoms with Gasteiger partial charge < -0.3 is 4.90 Å². The average molecular weight is 415 g/mol. The number of piperazine rings is 1. The molecule has 12 heteroatoms. The maximum absolute atomic E-state index is 12.9. The summed E-state index contributed by atoms with van der Waals surface area (Å²) in [5, 5.41) is 10.9. The zero-order chi connectivity index (χ0) is 20.4. The molecular formula is C17H17N7O4S. The molecule has 1 aromatic carbocycles. The van der Waals surface area contributed by atoms with Crippen molar-refractivity contribution in [2.75, 3.05) is 31.1 Å². The van der Waals surface area contributed by atoms with Crippen LogP contribution in [0, 0.1) is 10.1 Å². The third kappa shape index (κ3) is 3.79. The normalized spacial score (nSPS) is 15.4. The summed E-state index contributed by atoms with van der Waals surface area (Å²) in [5.74, 6) is 1.36. The Labute approximate surface area is 166 Å². The SMILES string of the molecule is O=[N+]([O-])c1cccc(S(=O)(=O)N2CCN(c3cc(-n4ccnc4)ncn3)CC2)c1. The van der Waals surface area contributed by atoms with Crippen molar-refractivity contribution in [2.24, 2.45) is 0 Å². The molecule has 0 unspecified atom stereocenters. The van der Waals surface area contributed by atoms with Crippen molar-refractivity contribution in [3.8, 4) is 5.82 Å². The Morgan fingerprint density at radius 1 is 1.03 bits per heavy atom. The molecule has 1 aliphatic heterocycles. The van der Waals surface area contributed by atoms with Crippen molar-refractivity contribution in [2.45, 2.75) is 4.90 Å². The van der Waals surface area contributed by atoms with Gasteiger partial charge in [-0.2, -0.15) is 4.31 Å². The molecule has 0 bridgehead atoms. The first-order chi connectivity index (χ1) is 13.9. The monoisotopic (exact) mass is 415 g/mol. The number of imidazole rings is 1. The minimum absolute atomic E-state index is 0.0791. The van der Waals surface area contributed by atoms with Gasteiger partial charge in [0, 0.05) is 56.8 Å². The van der Waals surface area contributed by atoms with E-state index in [-0.39, 0.29) is 23.7 Å². The van der Waals surface area contributed by atoms with Crippen molar-refractivity contribution >= 4 is 21.5 Å². The van der Waals surface area contributed by atoms with Gasteiger partial charge in [0.1, 0.15) is 24.3 Å². The van der Waals surface area contributed by atoms with E-state index in [1.807, 2.05) is 11.0 Å². The number of nitro groups is 1. The zero-order valence-electron chi connectivity index (χ0n) is 15.2. The van der Waals surface area contributed by atoms with E-state index in [1.165, 1.54) is 28.8 Å². The molecule has 2 aromatic heterocycles. The molecule has 1 fully saturated rings. The topological polar surface area (TPSA) is 127 Å². The highest BCUT2D eigenvalue weighted by molar-refractivity contribution is 7.89. The van der Waals surface area contributed by atoms with Crippen LogP contribution in [0.1, 0.15) is 0 Å². The first-order valence-electron chi connectivity index (χ1n) is 8.75. The number of nitro benzene ring substituents is 1. The second-order valence-electron chi connectivity index (χ2n) is 6.35. The Balaban J connectivity index is 1.49. The number of hydrogen-bond donors (Lipinski definition) is 0. The largest absolute Gasteiger partial charge is 0.354 e. The Morgan fingerprint density at radius 2 is 1.79 bits per heavy atom. The summed E-state index contributed by atoms with van der Waals surface area (Å²) < 4.78 is 28.8. The summed E-state index contributed by atoms with van der Waals surface area (Å²) in [6.07, 6.45) is 6.52. The molecule has 0 radical (unpaired) electrons. The highest BCUT2D eigenvalue weighted by Crippen LogP contribution is 2.23. The van der Waals surface area contributed by atoms with E-state index in [0.29, 0.717) is 24.7 Å². The van der Waals surface area contributed by atoms with Crippen molar-refractivity contribution in [1.29, 1.82) is 0 Å². The van der Waals surface area contributed by atoms with E-state index < -0.39 is 14.9 Å². The predicted molar refractivity (Wildman–Crippen MR) is 103 cm³/mol. The summed E-state index contributed by atoms with van der Waals surface area (Å²) in [6.45, 7) is 1.37. The molecular weight excluding hydrogens is 398 g/mol. The van der Waals surface area contributed by atoms with Crippen LogP contribution in [-0.2, 0) is 10.0 Å². The molecule has 0 aliphatic carbocycles. The van der Waals surface area contributed by atoms with Crippen LogP contribution >= 0.6 is 0 Å². The van der Waals surface area contributed by atoms with Crippen molar-refractivity contribution < 1.29 is 13.3 Å². The Hall–Kier alpha value is -3.38. The molecule has 1 aliphatic rings. The van der Waals surface area contributed by atoms with Gasteiger partial charge >= 0.3 is 0 Å². The number of hydrogen-bond acceptors (Lipinski definition) is 8. The third-order valence-electron chi connectivity index (χ3n) is 4.64. The van der Waals surface area contributed by atoms with E-state index in [9.17, 15) is 18.5 Å². The van der Waals surface area contributed by atoms with Crippen LogP contribution < -0.4 is 4.90 Å². The van der Waals surface area contributed by atoms with Gasteiger partial charge in [-0.25, -0.2) is 23.4 Å². The fourth-order valence-electron chi connectivity index (χ4n) is 3.11. The van der Waals surface area contributed by atoms with Gasteiger partial charge in [-0.05, 0) is 6.07 Å². The van der Waals surface area contributed by atoms with Gasteiger partial charge in [-0.15, -0.1) is 0 Å². The molecule has 1 saturated heterocycles. The summed E-state index contributed by atoms with van der Waals surface area (Å²) >= 11 is 0. The lowest BCUT2D eigenvalue weighted by Crippen LogP contribution is -2.49. The fourth-order valence-corrected chi connectivity index (χ4v) is 4.57. The van der Waals surface area contributed by atoms with Crippen LogP contribution in [0.15, 0.2) is 60.3 Å². The van der Waals surface area contributed by atoms with E-state index in [4.69, 9.17) is 0 Å². The second kappa shape index (κ2) is 7.56. The number of sulfonamides is 1. The van der Waals surface area contributed by atoms with Crippen LogP contribution in [0.25, 0.3) is 5.82 Å². The lowest BCUT2D eigenvalue weighted by molar-refractivity contribution is -0.385. The van der Waals surface area contributed by atoms with Crippen LogP contribution in [-0.4, -0.2) is 63.3 Å². The predicted octanol–water partition coefficient (Wildman–Crippen LogP) is 1.08. The Kier molecular flexibility index (Phi) is 4.94. The number of non-ortho nitro benzene ring substituents is 1.